The van der Waals surface area contributed by atoms with E-state index in [2.05, 4.69) is 0 Å². The van der Waals surface area contributed by atoms with Crippen LogP contribution in [0, 0.1) is 0 Å². The van der Waals surface area contributed by atoms with Crippen molar-refractivity contribution in [3.63, 3.8) is 0 Å². The van der Waals surface area contributed by atoms with Crippen molar-refractivity contribution in [1.82, 2.24) is 0 Å². The normalized spacial score (nSPS) is 11.3. The summed E-state index contributed by atoms with van der Waals surface area (Å²) in [4.78, 5) is 11.8. The Kier molecular flexibility index (Phi) is 5.63. The molecular weight excluding hydrogens is 308 g/mol. The van der Waals surface area contributed by atoms with Gasteiger partial charge in [0.05, 0.1) is 0 Å². The van der Waals surface area contributed by atoms with Crippen molar-refractivity contribution in [1.29, 1.82) is 0 Å². The predicted molar refractivity (Wildman–Crippen MR) is 91.9 cm³/mol. The second-order valence-corrected chi connectivity index (χ2v) is 5.25. The first-order valence-corrected chi connectivity index (χ1v) is 7.34. The Hall–Kier alpha value is -3.21. The molecule has 0 aliphatic carbocycles. The van der Waals surface area contributed by atoms with Gasteiger partial charge in [-0.3, -0.25) is 4.79 Å². The van der Waals surface area contributed by atoms with Crippen LogP contribution in [-0.4, -0.2) is 26.2 Å². The maximum Gasteiger partial charge on any atom is 0.157 e. The second kappa shape index (κ2) is 7.87. The van der Waals surface area contributed by atoms with Crippen LogP contribution in [0.3, 0.4) is 0 Å². The van der Waals surface area contributed by atoms with Gasteiger partial charge in [0.25, 0.3) is 0 Å². The van der Waals surface area contributed by atoms with Crippen molar-refractivity contribution in [2.24, 2.45) is 0 Å². The van der Waals surface area contributed by atoms with E-state index in [1.807, 2.05) is 0 Å². The number of ketones is 1. The van der Waals surface area contributed by atoms with Gasteiger partial charge in [0, 0.05) is 12.8 Å². The molecule has 4 N–H and O–H groups in total. The number of rotatable bonds is 6. The molecule has 0 atom stereocenters. The van der Waals surface area contributed by atoms with E-state index in [1.165, 1.54) is 24.3 Å². The van der Waals surface area contributed by atoms with Gasteiger partial charge in [-0.25, -0.2) is 0 Å². The average molecular weight is 326 g/mol. The zero-order valence-electron chi connectivity index (χ0n) is 12.9. The lowest BCUT2D eigenvalue weighted by atomic mass is 10.1. The number of phenolic OH excluding ortho intramolecular Hbond substituents is 4. The highest BCUT2D eigenvalue weighted by molar-refractivity contribution is 5.83. The van der Waals surface area contributed by atoms with Crippen LogP contribution in [0.1, 0.15) is 24.0 Å². The third-order valence-electron chi connectivity index (χ3n) is 3.31. The first-order chi connectivity index (χ1) is 11.5. The predicted octanol–water partition coefficient (Wildman–Crippen LogP) is 3.58. The number of allylic oxidation sites excluding steroid dienone is 2. The Labute approximate surface area is 139 Å². The van der Waals surface area contributed by atoms with E-state index in [-0.39, 0.29) is 41.6 Å². The van der Waals surface area contributed by atoms with E-state index in [0.29, 0.717) is 11.1 Å². The van der Waals surface area contributed by atoms with Crippen LogP contribution in [0.25, 0.3) is 12.2 Å². The van der Waals surface area contributed by atoms with Gasteiger partial charge in [-0.2, -0.15) is 0 Å². The molecule has 0 aliphatic heterocycles. The fourth-order valence-corrected chi connectivity index (χ4v) is 2.02. The van der Waals surface area contributed by atoms with Crippen molar-refractivity contribution in [2.45, 2.75) is 12.8 Å². The van der Waals surface area contributed by atoms with Crippen molar-refractivity contribution < 1.29 is 25.2 Å². The Morgan fingerprint density at radius 2 is 1.12 bits per heavy atom. The fraction of sp³-hybridized carbons (Fsp3) is 0.105. The number of benzene rings is 2. The molecule has 0 aromatic heterocycles. The van der Waals surface area contributed by atoms with E-state index in [1.54, 1.807) is 36.4 Å². The maximum atomic E-state index is 11.8. The minimum Gasteiger partial charge on any atom is -0.504 e. The van der Waals surface area contributed by atoms with Gasteiger partial charge in [-0.05, 0) is 35.4 Å². The van der Waals surface area contributed by atoms with Crippen LogP contribution in [0.15, 0.2) is 48.6 Å². The first kappa shape index (κ1) is 17.1. The molecule has 0 heterocycles. The monoisotopic (exact) mass is 326 g/mol. The largest absolute Gasteiger partial charge is 0.504 e. The number of hydrogen-bond donors (Lipinski definition) is 4. The molecule has 0 amide bonds. The first-order valence-electron chi connectivity index (χ1n) is 7.34. The lowest BCUT2D eigenvalue weighted by molar-refractivity contribution is -0.117. The summed E-state index contributed by atoms with van der Waals surface area (Å²) in [6.07, 6.45) is 7.25. The molecule has 0 saturated heterocycles. The van der Waals surface area contributed by atoms with Gasteiger partial charge in [-0.1, -0.05) is 36.4 Å². The molecule has 5 heteroatoms. The number of aromatic hydroxyl groups is 4. The number of hydrogen-bond acceptors (Lipinski definition) is 5. The SMILES string of the molecule is O=C(CC=Cc1ccc(O)c(O)c1)CC=Cc1ccc(O)c(O)c1. The summed E-state index contributed by atoms with van der Waals surface area (Å²) in [5.41, 5.74) is 1.38. The summed E-state index contributed by atoms with van der Waals surface area (Å²) in [6.45, 7) is 0. The Morgan fingerprint density at radius 1 is 0.708 bits per heavy atom. The summed E-state index contributed by atoms with van der Waals surface area (Å²) in [7, 11) is 0. The van der Waals surface area contributed by atoms with Crippen LogP contribution in [0.2, 0.25) is 0 Å². The standard InChI is InChI=1S/C19H18O5/c20-15(5-1-3-13-7-9-16(21)18(23)11-13)6-2-4-14-8-10-17(22)19(24)12-14/h1-4,7-12,21-24H,5-6H2. The summed E-state index contributed by atoms with van der Waals surface area (Å²) in [5.74, 6) is -0.775. The molecule has 0 bridgehead atoms. The zero-order valence-corrected chi connectivity index (χ0v) is 12.9. The molecule has 0 spiro atoms. The number of Topliss-reactive ketones (excluding diaryl/α,β-unsaturated/α-hetero) is 1. The van der Waals surface area contributed by atoms with E-state index >= 15 is 0 Å². The second-order valence-electron chi connectivity index (χ2n) is 5.25. The molecule has 5 nitrogen and oxygen atoms in total. The highest BCUT2D eigenvalue weighted by Gasteiger charge is 2.00. The molecule has 24 heavy (non-hydrogen) atoms. The maximum absolute atomic E-state index is 11.8. The van der Waals surface area contributed by atoms with Crippen LogP contribution < -0.4 is 0 Å². The molecular formula is C19H18O5. The quantitative estimate of drug-likeness (QED) is 0.608. The summed E-state index contributed by atoms with van der Waals surface area (Å²) >= 11 is 0. The van der Waals surface area contributed by atoms with E-state index in [9.17, 15) is 25.2 Å². The van der Waals surface area contributed by atoms with Gasteiger partial charge in [0.15, 0.2) is 23.0 Å². The Morgan fingerprint density at radius 3 is 1.50 bits per heavy atom. The van der Waals surface area contributed by atoms with Crippen LogP contribution in [0.5, 0.6) is 23.0 Å². The van der Waals surface area contributed by atoms with E-state index in [4.69, 9.17) is 0 Å². The van der Waals surface area contributed by atoms with E-state index < -0.39 is 0 Å². The molecule has 0 aliphatic rings. The van der Waals surface area contributed by atoms with Gasteiger partial charge < -0.3 is 20.4 Å². The van der Waals surface area contributed by atoms with Crippen LogP contribution >= 0.6 is 0 Å². The highest BCUT2D eigenvalue weighted by Crippen LogP contribution is 2.26. The Balaban J connectivity index is 1.84. The van der Waals surface area contributed by atoms with E-state index in [0.717, 1.165) is 0 Å². The van der Waals surface area contributed by atoms with Crippen molar-refractivity contribution in [3.8, 4) is 23.0 Å². The molecule has 0 fully saturated rings. The summed E-state index contributed by atoms with van der Waals surface area (Å²) < 4.78 is 0. The van der Waals surface area contributed by atoms with Gasteiger partial charge >= 0.3 is 0 Å². The molecule has 2 aromatic carbocycles. The number of phenols is 4. The van der Waals surface area contributed by atoms with Crippen molar-refractivity contribution in [3.05, 3.63) is 59.7 Å². The van der Waals surface area contributed by atoms with Gasteiger partial charge in [0.1, 0.15) is 5.78 Å². The molecule has 2 rings (SSSR count). The van der Waals surface area contributed by atoms with Crippen molar-refractivity contribution in [2.75, 3.05) is 0 Å². The summed E-state index contributed by atoms with van der Waals surface area (Å²) in [6, 6.07) is 8.85. The number of carbonyl (C=O) groups is 1. The fourth-order valence-electron chi connectivity index (χ4n) is 2.02. The molecule has 0 saturated carbocycles. The molecule has 0 radical (unpaired) electrons. The zero-order chi connectivity index (χ0) is 17.5. The van der Waals surface area contributed by atoms with Crippen LogP contribution in [0.4, 0.5) is 0 Å². The smallest absolute Gasteiger partial charge is 0.157 e. The van der Waals surface area contributed by atoms with Gasteiger partial charge in [0.2, 0.25) is 0 Å². The third-order valence-corrected chi connectivity index (χ3v) is 3.31. The molecule has 2 aromatic rings. The minimum atomic E-state index is -0.205. The topological polar surface area (TPSA) is 98.0 Å². The minimum absolute atomic E-state index is 0.00787. The lowest BCUT2D eigenvalue weighted by Crippen LogP contribution is -1.92. The average Bonchev–Trinajstić information content (AvgIpc) is 2.54. The highest BCUT2D eigenvalue weighted by atomic mass is 16.3. The molecule has 124 valence electrons. The van der Waals surface area contributed by atoms with Crippen molar-refractivity contribution >= 4 is 17.9 Å². The lowest BCUT2D eigenvalue weighted by Gasteiger charge is -1.99. The Bertz CT molecular complexity index is 725. The number of carbonyl (C=O) groups excluding carboxylic acids is 1. The van der Waals surface area contributed by atoms with Crippen LogP contribution in [-0.2, 0) is 4.79 Å². The van der Waals surface area contributed by atoms with Gasteiger partial charge in [-0.15, -0.1) is 0 Å². The third kappa shape index (κ3) is 4.91. The molecule has 0 unspecified atom stereocenters. The summed E-state index contributed by atoms with van der Waals surface area (Å²) in [5, 5.41) is 37.2.